The summed E-state index contributed by atoms with van der Waals surface area (Å²) in [5, 5.41) is 5.61. The van der Waals surface area contributed by atoms with Crippen LogP contribution in [0.15, 0.2) is 54.1 Å². The van der Waals surface area contributed by atoms with Crippen LogP contribution in [-0.2, 0) is 11.2 Å². The maximum Gasteiger partial charge on any atom is 0.223 e. The molecule has 120 valence electrons. The van der Waals surface area contributed by atoms with Crippen LogP contribution in [0, 0.1) is 5.92 Å². The van der Waals surface area contributed by atoms with Crippen LogP contribution >= 0.6 is 0 Å². The van der Waals surface area contributed by atoms with E-state index < -0.39 is 0 Å². The molecular formula is C21H25NO. The summed E-state index contributed by atoms with van der Waals surface area (Å²) in [6.45, 7) is 2.74. The second-order valence-corrected chi connectivity index (χ2v) is 6.57. The molecule has 0 aliphatic heterocycles. The van der Waals surface area contributed by atoms with Crippen LogP contribution in [-0.4, -0.2) is 12.5 Å². The highest BCUT2D eigenvalue weighted by molar-refractivity contribution is 5.86. The number of hydrogen-bond donors (Lipinski definition) is 1. The van der Waals surface area contributed by atoms with Crippen LogP contribution in [0.5, 0.6) is 0 Å². The highest BCUT2D eigenvalue weighted by atomic mass is 16.1. The Bertz CT molecular complexity index is 711. The number of allylic oxidation sites excluding steroid dienone is 1. The lowest BCUT2D eigenvalue weighted by Crippen LogP contribution is -2.32. The third kappa shape index (κ3) is 4.01. The molecule has 0 heterocycles. The summed E-state index contributed by atoms with van der Waals surface area (Å²) in [6.07, 6.45) is 7.92. The van der Waals surface area contributed by atoms with E-state index in [4.69, 9.17) is 0 Å². The third-order valence-electron chi connectivity index (χ3n) is 4.73. The van der Waals surface area contributed by atoms with Gasteiger partial charge in [-0.25, -0.2) is 0 Å². The van der Waals surface area contributed by atoms with Crippen LogP contribution < -0.4 is 5.32 Å². The molecule has 0 fully saturated rings. The smallest absolute Gasteiger partial charge is 0.223 e. The van der Waals surface area contributed by atoms with Crippen molar-refractivity contribution in [3.63, 3.8) is 0 Å². The summed E-state index contributed by atoms with van der Waals surface area (Å²) in [6, 6.07) is 14.7. The molecule has 0 unspecified atom stereocenters. The second kappa shape index (κ2) is 7.45. The Labute approximate surface area is 138 Å². The fraction of sp³-hybridized carbons (Fsp3) is 0.381. The minimum absolute atomic E-state index is 0.00926. The maximum absolute atomic E-state index is 12.4. The first-order valence-electron chi connectivity index (χ1n) is 8.66. The summed E-state index contributed by atoms with van der Waals surface area (Å²) < 4.78 is 0. The number of carbonyl (C=O) groups excluding carboxylic acids is 1. The SMILES string of the molecule is C[C@@H](Cc1cccc2ccccc12)C(=O)NCC1=CCCCC1. The lowest BCUT2D eigenvalue weighted by molar-refractivity contribution is -0.124. The first-order valence-corrected chi connectivity index (χ1v) is 8.66. The molecule has 2 aromatic rings. The van der Waals surface area contributed by atoms with Crippen molar-refractivity contribution in [1.29, 1.82) is 0 Å². The van der Waals surface area contributed by atoms with Crippen molar-refractivity contribution in [3.05, 3.63) is 59.7 Å². The molecule has 0 saturated carbocycles. The number of hydrogen-bond acceptors (Lipinski definition) is 1. The van der Waals surface area contributed by atoms with Crippen LogP contribution in [0.3, 0.4) is 0 Å². The van der Waals surface area contributed by atoms with Gasteiger partial charge < -0.3 is 5.32 Å². The Hall–Kier alpha value is -2.09. The van der Waals surface area contributed by atoms with E-state index in [2.05, 4.69) is 53.9 Å². The molecule has 0 aromatic heterocycles. The van der Waals surface area contributed by atoms with E-state index in [1.807, 2.05) is 6.92 Å². The summed E-state index contributed by atoms with van der Waals surface area (Å²) in [7, 11) is 0. The Morgan fingerprint density at radius 3 is 2.78 bits per heavy atom. The van der Waals surface area contributed by atoms with Crippen molar-refractivity contribution in [2.24, 2.45) is 5.92 Å². The van der Waals surface area contributed by atoms with Gasteiger partial charge in [0, 0.05) is 12.5 Å². The van der Waals surface area contributed by atoms with Gasteiger partial charge in [0.05, 0.1) is 0 Å². The van der Waals surface area contributed by atoms with E-state index in [1.54, 1.807) is 0 Å². The Balaban J connectivity index is 1.62. The van der Waals surface area contributed by atoms with Crippen molar-refractivity contribution >= 4 is 16.7 Å². The highest BCUT2D eigenvalue weighted by Crippen LogP contribution is 2.21. The Kier molecular flexibility index (Phi) is 5.12. The zero-order valence-electron chi connectivity index (χ0n) is 13.8. The topological polar surface area (TPSA) is 29.1 Å². The Morgan fingerprint density at radius 1 is 1.13 bits per heavy atom. The summed E-state index contributed by atoms with van der Waals surface area (Å²) >= 11 is 0. The predicted octanol–water partition coefficient (Wildman–Crippen LogP) is 4.64. The van der Waals surface area contributed by atoms with Crippen molar-refractivity contribution < 1.29 is 4.79 Å². The van der Waals surface area contributed by atoms with Crippen molar-refractivity contribution in [2.75, 3.05) is 6.54 Å². The third-order valence-corrected chi connectivity index (χ3v) is 4.73. The van der Waals surface area contributed by atoms with Gasteiger partial charge in [-0.3, -0.25) is 4.79 Å². The number of fused-ring (bicyclic) bond motifs is 1. The fourth-order valence-corrected chi connectivity index (χ4v) is 3.33. The fourth-order valence-electron chi connectivity index (χ4n) is 3.33. The molecule has 1 aliphatic carbocycles. The zero-order valence-corrected chi connectivity index (χ0v) is 13.8. The van der Waals surface area contributed by atoms with Crippen molar-refractivity contribution in [3.8, 4) is 0 Å². The second-order valence-electron chi connectivity index (χ2n) is 6.57. The number of amides is 1. The van der Waals surface area contributed by atoms with Gasteiger partial charge in [-0.15, -0.1) is 0 Å². The van der Waals surface area contributed by atoms with Gasteiger partial charge in [-0.2, -0.15) is 0 Å². The van der Waals surface area contributed by atoms with Gasteiger partial charge in [-0.1, -0.05) is 61.0 Å². The average Bonchev–Trinajstić information content (AvgIpc) is 2.61. The van der Waals surface area contributed by atoms with Gasteiger partial charge in [0.15, 0.2) is 0 Å². The number of benzene rings is 2. The van der Waals surface area contributed by atoms with E-state index in [0.29, 0.717) is 0 Å². The number of carbonyl (C=O) groups is 1. The molecule has 2 aromatic carbocycles. The molecule has 1 amide bonds. The van der Waals surface area contributed by atoms with E-state index in [1.165, 1.54) is 34.8 Å². The minimum Gasteiger partial charge on any atom is -0.352 e. The van der Waals surface area contributed by atoms with Gasteiger partial charge in [0.25, 0.3) is 0 Å². The van der Waals surface area contributed by atoms with Gasteiger partial charge in [0.1, 0.15) is 0 Å². The van der Waals surface area contributed by atoms with Crippen LogP contribution in [0.2, 0.25) is 0 Å². The molecule has 0 radical (unpaired) electrons. The molecule has 3 rings (SSSR count). The molecule has 0 bridgehead atoms. The van der Waals surface area contributed by atoms with E-state index in [9.17, 15) is 4.79 Å². The molecule has 23 heavy (non-hydrogen) atoms. The summed E-state index contributed by atoms with van der Waals surface area (Å²) in [5.41, 5.74) is 2.64. The van der Waals surface area contributed by atoms with Gasteiger partial charge >= 0.3 is 0 Å². The van der Waals surface area contributed by atoms with E-state index in [-0.39, 0.29) is 11.8 Å². The highest BCUT2D eigenvalue weighted by Gasteiger charge is 2.15. The molecule has 1 atom stereocenters. The van der Waals surface area contributed by atoms with Crippen LogP contribution in [0.25, 0.3) is 10.8 Å². The van der Waals surface area contributed by atoms with E-state index in [0.717, 1.165) is 25.8 Å². The maximum atomic E-state index is 12.4. The molecule has 1 N–H and O–H groups in total. The zero-order chi connectivity index (χ0) is 16.1. The monoisotopic (exact) mass is 307 g/mol. The van der Waals surface area contributed by atoms with Gasteiger partial charge in [-0.05, 0) is 48.4 Å². The standard InChI is InChI=1S/C21H25NO/c1-16(21(23)22-15-17-8-3-2-4-9-17)14-19-12-7-11-18-10-5-6-13-20(18)19/h5-8,10-13,16H,2-4,9,14-15H2,1H3,(H,22,23)/t16-/m0/s1. The summed E-state index contributed by atoms with van der Waals surface area (Å²) in [5.74, 6) is 0.148. The normalized spacial score (nSPS) is 16.0. The lowest BCUT2D eigenvalue weighted by atomic mass is 9.95. The first-order chi connectivity index (χ1) is 11.2. The predicted molar refractivity (Wildman–Crippen MR) is 96.4 cm³/mol. The molecule has 0 spiro atoms. The molecule has 2 heteroatoms. The Morgan fingerprint density at radius 2 is 1.96 bits per heavy atom. The van der Waals surface area contributed by atoms with Gasteiger partial charge in [0.2, 0.25) is 5.91 Å². The summed E-state index contributed by atoms with van der Waals surface area (Å²) in [4.78, 5) is 12.4. The quantitative estimate of drug-likeness (QED) is 0.801. The minimum atomic E-state index is -0.00926. The van der Waals surface area contributed by atoms with Crippen LogP contribution in [0.4, 0.5) is 0 Å². The first kappa shape index (κ1) is 15.8. The number of rotatable bonds is 5. The van der Waals surface area contributed by atoms with Crippen molar-refractivity contribution in [2.45, 2.75) is 39.0 Å². The lowest BCUT2D eigenvalue weighted by Gasteiger charge is -2.16. The average molecular weight is 307 g/mol. The van der Waals surface area contributed by atoms with Crippen molar-refractivity contribution in [1.82, 2.24) is 5.32 Å². The largest absolute Gasteiger partial charge is 0.352 e. The molecule has 1 aliphatic rings. The number of nitrogens with one attached hydrogen (secondary N) is 1. The molecule has 0 saturated heterocycles. The molecule has 2 nitrogen and oxygen atoms in total. The van der Waals surface area contributed by atoms with E-state index >= 15 is 0 Å². The van der Waals surface area contributed by atoms with Crippen LogP contribution in [0.1, 0.15) is 38.2 Å². The molecular weight excluding hydrogens is 282 g/mol.